The molecule has 0 aliphatic carbocycles. The standard InChI is InChI=1S/C13H16N2O2/c1-10(7-8-16)15-13(17)12(9-14)11-5-3-2-4-6-11/h2-6,10,12,16H,7-8H2,1H3,(H,15,17). The lowest BCUT2D eigenvalue weighted by Crippen LogP contribution is -2.36. The number of hydrogen-bond donors (Lipinski definition) is 2. The van der Waals surface area contributed by atoms with Crippen molar-refractivity contribution in [3.05, 3.63) is 35.9 Å². The van der Waals surface area contributed by atoms with Crippen LogP contribution in [0.1, 0.15) is 24.8 Å². The summed E-state index contributed by atoms with van der Waals surface area (Å²) in [7, 11) is 0. The molecule has 0 spiro atoms. The summed E-state index contributed by atoms with van der Waals surface area (Å²) in [5, 5.41) is 20.5. The van der Waals surface area contributed by atoms with Crippen molar-refractivity contribution in [2.24, 2.45) is 0 Å². The summed E-state index contributed by atoms with van der Waals surface area (Å²) in [6, 6.07) is 10.8. The van der Waals surface area contributed by atoms with E-state index in [1.807, 2.05) is 12.1 Å². The van der Waals surface area contributed by atoms with Gasteiger partial charge in [-0.15, -0.1) is 0 Å². The maximum atomic E-state index is 11.8. The number of hydrogen-bond acceptors (Lipinski definition) is 3. The maximum Gasteiger partial charge on any atom is 0.242 e. The van der Waals surface area contributed by atoms with Crippen molar-refractivity contribution in [1.29, 1.82) is 5.26 Å². The van der Waals surface area contributed by atoms with Crippen molar-refractivity contribution in [3.8, 4) is 6.07 Å². The molecule has 1 aromatic carbocycles. The van der Waals surface area contributed by atoms with Gasteiger partial charge in [-0.3, -0.25) is 4.79 Å². The van der Waals surface area contributed by atoms with Crippen LogP contribution in [0.25, 0.3) is 0 Å². The largest absolute Gasteiger partial charge is 0.396 e. The van der Waals surface area contributed by atoms with Gasteiger partial charge in [-0.1, -0.05) is 30.3 Å². The maximum absolute atomic E-state index is 11.8. The highest BCUT2D eigenvalue weighted by Gasteiger charge is 2.20. The van der Waals surface area contributed by atoms with Crippen LogP contribution in [0.5, 0.6) is 0 Å². The van der Waals surface area contributed by atoms with Gasteiger partial charge in [0.25, 0.3) is 0 Å². The van der Waals surface area contributed by atoms with Crippen LogP contribution in [0.2, 0.25) is 0 Å². The topological polar surface area (TPSA) is 73.1 Å². The van der Waals surface area contributed by atoms with Crippen LogP contribution < -0.4 is 5.32 Å². The first kappa shape index (κ1) is 13.2. The number of rotatable bonds is 5. The van der Waals surface area contributed by atoms with Gasteiger partial charge in [0.05, 0.1) is 6.07 Å². The van der Waals surface area contributed by atoms with E-state index >= 15 is 0 Å². The van der Waals surface area contributed by atoms with Gasteiger partial charge in [0.1, 0.15) is 5.92 Å². The smallest absolute Gasteiger partial charge is 0.242 e. The average Bonchev–Trinajstić information content (AvgIpc) is 2.31. The molecule has 0 fully saturated rings. The van der Waals surface area contributed by atoms with Crippen molar-refractivity contribution in [2.75, 3.05) is 6.61 Å². The van der Waals surface area contributed by atoms with Crippen LogP contribution >= 0.6 is 0 Å². The van der Waals surface area contributed by atoms with E-state index in [-0.39, 0.29) is 18.6 Å². The predicted octanol–water partition coefficient (Wildman–Crippen LogP) is 1.18. The highest BCUT2D eigenvalue weighted by atomic mass is 16.3. The van der Waals surface area contributed by atoms with Crippen molar-refractivity contribution in [2.45, 2.75) is 25.3 Å². The molecule has 0 saturated heterocycles. The number of nitriles is 1. The Kier molecular flexibility index (Phi) is 5.18. The van der Waals surface area contributed by atoms with Crippen LogP contribution in [0, 0.1) is 11.3 Å². The number of nitrogens with zero attached hydrogens (tertiary/aromatic N) is 1. The zero-order valence-electron chi connectivity index (χ0n) is 9.76. The molecule has 0 aromatic heterocycles. The molecule has 17 heavy (non-hydrogen) atoms. The molecular weight excluding hydrogens is 216 g/mol. The van der Waals surface area contributed by atoms with E-state index in [2.05, 4.69) is 5.32 Å². The summed E-state index contributed by atoms with van der Waals surface area (Å²) in [4.78, 5) is 11.8. The Balaban J connectivity index is 2.70. The minimum Gasteiger partial charge on any atom is -0.396 e. The van der Waals surface area contributed by atoms with Crippen molar-refractivity contribution < 1.29 is 9.90 Å². The first-order chi connectivity index (χ1) is 8.19. The summed E-state index contributed by atoms with van der Waals surface area (Å²) < 4.78 is 0. The Bertz CT molecular complexity index is 398. The fourth-order valence-electron chi connectivity index (χ4n) is 1.52. The Hall–Kier alpha value is -1.86. The zero-order chi connectivity index (χ0) is 12.7. The first-order valence-electron chi connectivity index (χ1n) is 5.54. The highest BCUT2D eigenvalue weighted by Crippen LogP contribution is 2.14. The van der Waals surface area contributed by atoms with Crippen LogP contribution in [0.4, 0.5) is 0 Å². The van der Waals surface area contributed by atoms with E-state index in [0.29, 0.717) is 12.0 Å². The molecule has 1 aromatic rings. The molecule has 2 unspecified atom stereocenters. The third-order valence-electron chi connectivity index (χ3n) is 2.47. The van der Waals surface area contributed by atoms with Gasteiger partial charge in [-0.25, -0.2) is 0 Å². The van der Waals surface area contributed by atoms with E-state index in [4.69, 9.17) is 10.4 Å². The zero-order valence-corrected chi connectivity index (χ0v) is 9.76. The van der Waals surface area contributed by atoms with Gasteiger partial charge in [-0.2, -0.15) is 5.26 Å². The second-order valence-electron chi connectivity index (χ2n) is 3.89. The molecule has 1 rings (SSSR count). The van der Waals surface area contributed by atoms with Gasteiger partial charge in [-0.05, 0) is 18.9 Å². The molecule has 0 aliphatic rings. The fraction of sp³-hybridized carbons (Fsp3) is 0.385. The Morgan fingerprint density at radius 1 is 1.47 bits per heavy atom. The van der Waals surface area contributed by atoms with Crippen LogP contribution in [0.15, 0.2) is 30.3 Å². The van der Waals surface area contributed by atoms with E-state index in [0.717, 1.165) is 0 Å². The minimum absolute atomic E-state index is 0.0179. The third kappa shape index (κ3) is 3.89. The lowest BCUT2D eigenvalue weighted by molar-refractivity contribution is -0.122. The average molecular weight is 232 g/mol. The van der Waals surface area contributed by atoms with E-state index in [9.17, 15) is 4.79 Å². The fourth-order valence-corrected chi connectivity index (χ4v) is 1.52. The van der Waals surface area contributed by atoms with Crippen molar-refractivity contribution in [1.82, 2.24) is 5.32 Å². The number of aliphatic hydroxyl groups is 1. The summed E-state index contributed by atoms with van der Waals surface area (Å²) in [6.07, 6.45) is 0.485. The molecule has 4 heteroatoms. The SMILES string of the molecule is CC(CCO)NC(=O)C(C#N)c1ccccc1. The second kappa shape index (κ2) is 6.66. The summed E-state index contributed by atoms with van der Waals surface area (Å²) in [6.45, 7) is 1.82. The van der Waals surface area contributed by atoms with Crippen molar-refractivity contribution in [3.63, 3.8) is 0 Å². The Morgan fingerprint density at radius 2 is 2.12 bits per heavy atom. The van der Waals surface area contributed by atoms with Crippen LogP contribution in [-0.2, 0) is 4.79 Å². The molecule has 1 amide bonds. The molecule has 0 heterocycles. The lowest BCUT2D eigenvalue weighted by atomic mass is 9.99. The number of carbonyl (C=O) groups excluding carboxylic acids is 1. The Morgan fingerprint density at radius 3 is 2.65 bits per heavy atom. The number of carbonyl (C=O) groups is 1. The molecule has 0 saturated carbocycles. The lowest BCUT2D eigenvalue weighted by Gasteiger charge is -2.15. The van der Waals surface area contributed by atoms with Gasteiger partial charge >= 0.3 is 0 Å². The molecule has 4 nitrogen and oxygen atoms in total. The summed E-state index contributed by atoms with van der Waals surface area (Å²) in [5.41, 5.74) is 0.684. The van der Waals surface area contributed by atoms with E-state index < -0.39 is 5.92 Å². The molecule has 2 atom stereocenters. The third-order valence-corrected chi connectivity index (χ3v) is 2.47. The number of amides is 1. The van der Waals surface area contributed by atoms with Gasteiger partial charge < -0.3 is 10.4 Å². The van der Waals surface area contributed by atoms with E-state index in [1.54, 1.807) is 31.2 Å². The first-order valence-corrected chi connectivity index (χ1v) is 5.54. The molecule has 0 aliphatic heterocycles. The Labute approximate surface area is 101 Å². The molecular formula is C13H16N2O2. The number of aliphatic hydroxyl groups excluding tert-OH is 1. The van der Waals surface area contributed by atoms with Crippen molar-refractivity contribution >= 4 is 5.91 Å². The number of benzene rings is 1. The second-order valence-corrected chi connectivity index (χ2v) is 3.89. The molecule has 90 valence electrons. The van der Waals surface area contributed by atoms with Gasteiger partial charge in [0.15, 0.2) is 0 Å². The highest BCUT2D eigenvalue weighted by molar-refractivity contribution is 5.86. The summed E-state index contributed by atoms with van der Waals surface area (Å²) >= 11 is 0. The summed E-state index contributed by atoms with van der Waals surface area (Å²) in [5.74, 6) is -1.11. The van der Waals surface area contributed by atoms with E-state index in [1.165, 1.54) is 0 Å². The molecule has 0 radical (unpaired) electrons. The monoisotopic (exact) mass is 232 g/mol. The normalized spacial score (nSPS) is 13.5. The molecule has 0 bridgehead atoms. The number of nitrogens with one attached hydrogen (secondary N) is 1. The quantitative estimate of drug-likeness (QED) is 0.800. The van der Waals surface area contributed by atoms with Gasteiger partial charge in [0.2, 0.25) is 5.91 Å². The predicted molar refractivity (Wildman–Crippen MR) is 64.1 cm³/mol. The van der Waals surface area contributed by atoms with Gasteiger partial charge in [0, 0.05) is 12.6 Å². The van der Waals surface area contributed by atoms with Crippen LogP contribution in [-0.4, -0.2) is 23.7 Å². The van der Waals surface area contributed by atoms with Crippen LogP contribution in [0.3, 0.4) is 0 Å². The molecule has 2 N–H and O–H groups in total. The minimum atomic E-state index is -0.794.